The monoisotopic (exact) mass is 229 g/mol. The van der Waals surface area contributed by atoms with Crippen molar-refractivity contribution in [3.8, 4) is 5.75 Å². The summed E-state index contributed by atoms with van der Waals surface area (Å²) in [5, 5.41) is 0. The Morgan fingerprint density at radius 1 is 1.35 bits per heavy atom. The van der Waals surface area contributed by atoms with Gasteiger partial charge in [-0.15, -0.1) is 0 Å². The second-order valence-corrected chi connectivity index (χ2v) is 3.97. The molecule has 17 heavy (non-hydrogen) atoms. The summed E-state index contributed by atoms with van der Waals surface area (Å²) in [6, 6.07) is 8.05. The minimum absolute atomic E-state index is 0.761. The highest BCUT2D eigenvalue weighted by molar-refractivity contribution is 5.69. The van der Waals surface area contributed by atoms with Crippen molar-refractivity contribution in [1.82, 2.24) is 0 Å². The lowest BCUT2D eigenvalue weighted by Gasteiger charge is -2.13. The van der Waals surface area contributed by atoms with Gasteiger partial charge in [0.05, 0.1) is 12.9 Å². The zero-order valence-electron chi connectivity index (χ0n) is 10.1. The van der Waals surface area contributed by atoms with E-state index in [4.69, 9.17) is 9.47 Å². The van der Waals surface area contributed by atoms with E-state index in [-0.39, 0.29) is 0 Å². The molecule has 1 aromatic rings. The van der Waals surface area contributed by atoms with Gasteiger partial charge in [-0.05, 0) is 25.0 Å². The molecular formula is C15H17O2. The molecule has 0 amide bonds. The van der Waals surface area contributed by atoms with Gasteiger partial charge in [0, 0.05) is 11.1 Å². The van der Waals surface area contributed by atoms with E-state index in [9.17, 15) is 0 Å². The van der Waals surface area contributed by atoms with Crippen LogP contribution in [0, 0.1) is 6.26 Å². The van der Waals surface area contributed by atoms with Crippen molar-refractivity contribution >= 4 is 5.57 Å². The predicted molar refractivity (Wildman–Crippen MR) is 68.3 cm³/mol. The van der Waals surface area contributed by atoms with Crippen LogP contribution in [-0.2, 0) is 4.74 Å². The Kier molecular flexibility index (Phi) is 4.25. The van der Waals surface area contributed by atoms with Crippen molar-refractivity contribution in [3.63, 3.8) is 0 Å². The highest BCUT2D eigenvalue weighted by Gasteiger charge is 2.10. The van der Waals surface area contributed by atoms with Crippen LogP contribution in [0.5, 0.6) is 5.75 Å². The normalized spacial score (nSPS) is 14.1. The zero-order chi connectivity index (χ0) is 11.9. The fourth-order valence-corrected chi connectivity index (χ4v) is 1.69. The largest absolute Gasteiger partial charge is 0.493 e. The Bertz CT molecular complexity index is 419. The van der Waals surface area contributed by atoms with E-state index in [0.717, 1.165) is 42.8 Å². The van der Waals surface area contributed by atoms with Crippen LogP contribution in [-0.4, -0.2) is 6.61 Å². The molecule has 2 rings (SSSR count). The predicted octanol–water partition coefficient (Wildman–Crippen LogP) is 3.94. The number of hydrogen-bond acceptors (Lipinski definition) is 2. The van der Waals surface area contributed by atoms with Gasteiger partial charge in [-0.3, -0.25) is 0 Å². The number of rotatable bonds is 5. The third kappa shape index (κ3) is 3.13. The Balaban J connectivity index is 2.12. The number of para-hydroxylation sites is 1. The lowest BCUT2D eigenvalue weighted by atomic mass is 10.0. The molecule has 0 bridgehead atoms. The van der Waals surface area contributed by atoms with Gasteiger partial charge >= 0.3 is 0 Å². The van der Waals surface area contributed by atoms with E-state index >= 15 is 0 Å². The summed E-state index contributed by atoms with van der Waals surface area (Å²) in [4.78, 5) is 0. The SMILES string of the molecule is CCCCOc1ccccc1C1=[C]OC=CC1. The smallest absolute Gasteiger partial charge is 0.173 e. The molecule has 0 saturated heterocycles. The standard InChI is InChI=1S/C15H17O2/c1-2-3-11-17-15-9-5-4-8-14(15)13-7-6-10-16-12-13/h4-6,8-10H,2-3,7,11H2,1H3. The molecule has 1 heterocycles. The van der Waals surface area contributed by atoms with Crippen molar-refractivity contribution in [2.24, 2.45) is 0 Å². The lowest BCUT2D eigenvalue weighted by Crippen LogP contribution is -2.00. The molecule has 1 aliphatic rings. The van der Waals surface area contributed by atoms with E-state index in [0.29, 0.717) is 0 Å². The van der Waals surface area contributed by atoms with Gasteiger partial charge < -0.3 is 9.47 Å². The van der Waals surface area contributed by atoms with Crippen LogP contribution >= 0.6 is 0 Å². The maximum absolute atomic E-state index is 5.79. The summed E-state index contributed by atoms with van der Waals surface area (Å²) in [5.41, 5.74) is 2.12. The minimum Gasteiger partial charge on any atom is -0.493 e. The lowest BCUT2D eigenvalue weighted by molar-refractivity contribution is 0.308. The van der Waals surface area contributed by atoms with E-state index in [1.165, 1.54) is 0 Å². The van der Waals surface area contributed by atoms with Gasteiger partial charge in [0.15, 0.2) is 6.26 Å². The first-order valence-corrected chi connectivity index (χ1v) is 6.06. The van der Waals surface area contributed by atoms with Crippen LogP contribution in [0.1, 0.15) is 31.7 Å². The molecule has 0 N–H and O–H groups in total. The second-order valence-electron chi connectivity index (χ2n) is 3.97. The van der Waals surface area contributed by atoms with E-state index in [1.54, 1.807) is 6.26 Å². The third-order valence-electron chi connectivity index (χ3n) is 2.64. The van der Waals surface area contributed by atoms with Gasteiger partial charge in [-0.2, -0.15) is 0 Å². The second kappa shape index (κ2) is 6.14. The van der Waals surface area contributed by atoms with Gasteiger partial charge in [-0.1, -0.05) is 31.5 Å². The summed E-state index contributed by atoms with van der Waals surface area (Å²) in [7, 11) is 0. The summed E-state index contributed by atoms with van der Waals surface area (Å²) in [6.45, 7) is 2.92. The first-order valence-electron chi connectivity index (χ1n) is 6.06. The molecule has 0 atom stereocenters. The molecule has 0 saturated carbocycles. The van der Waals surface area contributed by atoms with E-state index in [1.807, 2.05) is 30.3 Å². The Morgan fingerprint density at radius 3 is 3.00 bits per heavy atom. The van der Waals surface area contributed by atoms with Gasteiger partial charge in [-0.25, -0.2) is 0 Å². The maximum Gasteiger partial charge on any atom is 0.173 e. The Morgan fingerprint density at radius 2 is 2.24 bits per heavy atom. The maximum atomic E-state index is 5.79. The van der Waals surface area contributed by atoms with E-state index < -0.39 is 0 Å². The van der Waals surface area contributed by atoms with Crippen LogP contribution in [0.3, 0.4) is 0 Å². The molecule has 0 spiro atoms. The van der Waals surface area contributed by atoms with E-state index in [2.05, 4.69) is 13.2 Å². The quantitative estimate of drug-likeness (QED) is 0.712. The molecule has 1 radical (unpaired) electrons. The fourth-order valence-electron chi connectivity index (χ4n) is 1.69. The summed E-state index contributed by atoms with van der Waals surface area (Å²) >= 11 is 0. The highest BCUT2D eigenvalue weighted by Crippen LogP contribution is 2.29. The summed E-state index contributed by atoms with van der Waals surface area (Å²) in [6.07, 6.45) is 9.61. The van der Waals surface area contributed by atoms with Gasteiger partial charge in [0.25, 0.3) is 0 Å². The third-order valence-corrected chi connectivity index (χ3v) is 2.64. The highest BCUT2D eigenvalue weighted by atomic mass is 16.5. The first-order chi connectivity index (χ1) is 8.42. The fraction of sp³-hybridized carbons (Fsp3) is 0.333. The Hall–Kier alpha value is -1.70. The molecule has 0 aliphatic carbocycles. The van der Waals surface area contributed by atoms with Crippen LogP contribution in [0.25, 0.3) is 5.57 Å². The molecular weight excluding hydrogens is 212 g/mol. The molecule has 1 aromatic carbocycles. The van der Waals surface area contributed by atoms with Crippen molar-refractivity contribution in [1.29, 1.82) is 0 Å². The number of unbranched alkanes of at least 4 members (excludes halogenated alkanes) is 1. The van der Waals surface area contributed by atoms with Crippen molar-refractivity contribution < 1.29 is 9.47 Å². The molecule has 2 heteroatoms. The van der Waals surface area contributed by atoms with Gasteiger partial charge in [0.1, 0.15) is 5.75 Å². The first kappa shape index (κ1) is 11.8. The molecule has 0 fully saturated rings. The average molecular weight is 229 g/mol. The van der Waals surface area contributed by atoms with Gasteiger partial charge in [0.2, 0.25) is 0 Å². The number of benzene rings is 1. The number of allylic oxidation sites excluding steroid dienone is 2. The molecule has 2 nitrogen and oxygen atoms in total. The van der Waals surface area contributed by atoms with Crippen molar-refractivity contribution in [2.75, 3.05) is 6.61 Å². The van der Waals surface area contributed by atoms with Crippen LogP contribution in [0.15, 0.2) is 36.6 Å². The Labute approximate surface area is 103 Å². The number of hydrogen-bond donors (Lipinski definition) is 0. The molecule has 0 unspecified atom stereocenters. The number of ether oxygens (including phenoxy) is 2. The summed E-state index contributed by atoms with van der Waals surface area (Å²) in [5.74, 6) is 0.919. The zero-order valence-corrected chi connectivity index (χ0v) is 10.1. The average Bonchev–Trinajstić information content (AvgIpc) is 2.41. The minimum atomic E-state index is 0.761. The van der Waals surface area contributed by atoms with Crippen LogP contribution < -0.4 is 4.74 Å². The molecule has 89 valence electrons. The van der Waals surface area contributed by atoms with Crippen LogP contribution in [0.2, 0.25) is 0 Å². The molecule has 1 aliphatic heterocycles. The van der Waals surface area contributed by atoms with Crippen molar-refractivity contribution in [2.45, 2.75) is 26.2 Å². The summed E-state index contributed by atoms with van der Waals surface area (Å²) < 4.78 is 10.9. The van der Waals surface area contributed by atoms with Crippen molar-refractivity contribution in [3.05, 3.63) is 48.4 Å². The molecule has 0 aromatic heterocycles. The van der Waals surface area contributed by atoms with Crippen LogP contribution in [0.4, 0.5) is 0 Å². The topological polar surface area (TPSA) is 18.5 Å².